The van der Waals surface area contributed by atoms with E-state index in [0.29, 0.717) is 16.7 Å². The van der Waals surface area contributed by atoms with Crippen molar-refractivity contribution in [3.8, 4) is 28.3 Å². The monoisotopic (exact) mass is 348 g/mol. The highest BCUT2D eigenvalue weighted by molar-refractivity contribution is 6.34. The molecule has 6 heteroatoms. The van der Waals surface area contributed by atoms with E-state index in [-0.39, 0.29) is 0 Å². The maximum atomic E-state index is 6.42. The lowest BCUT2D eigenvalue weighted by atomic mass is 10.1. The van der Waals surface area contributed by atoms with Crippen molar-refractivity contribution >= 4 is 22.5 Å². The van der Waals surface area contributed by atoms with E-state index >= 15 is 0 Å². The highest BCUT2D eigenvalue weighted by atomic mass is 35.5. The predicted molar refractivity (Wildman–Crippen MR) is 97.6 cm³/mol. The molecule has 0 aliphatic rings. The lowest BCUT2D eigenvalue weighted by Crippen LogP contribution is -1.93. The minimum absolute atomic E-state index is 0.404. The van der Waals surface area contributed by atoms with Crippen molar-refractivity contribution in [1.29, 1.82) is 0 Å². The number of rotatable bonds is 3. The Labute approximate surface area is 149 Å². The SMILES string of the molecule is COc1cncc(-c2ccc3nc(-c4cccnc4)nc(Cl)c3c2)c1. The average Bonchev–Trinajstić information content (AvgIpc) is 2.68. The van der Waals surface area contributed by atoms with Gasteiger partial charge in [0.25, 0.3) is 0 Å². The first-order valence-electron chi connectivity index (χ1n) is 7.62. The van der Waals surface area contributed by atoms with Crippen LogP contribution in [0.25, 0.3) is 33.4 Å². The van der Waals surface area contributed by atoms with E-state index in [1.54, 1.807) is 31.9 Å². The lowest BCUT2D eigenvalue weighted by Gasteiger charge is -2.08. The zero-order chi connectivity index (χ0) is 17.2. The Hall–Kier alpha value is -3.05. The van der Waals surface area contributed by atoms with E-state index < -0.39 is 0 Å². The van der Waals surface area contributed by atoms with Crippen molar-refractivity contribution in [2.45, 2.75) is 0 Å². The quantitative estimate of drug-likeness (QED) is 0.513. The molecule has 122 valence electrons. The van der Waals surface area contributed by atoms with Crippen molar-refractivity contribution < 1.29 is 4.74 Å². The van der Waals surface area contributed by atoms with Crippen molar-refractivity contribution in [1.82, 2.24) is 19.9 Å². The van der Waals surface area contributed by atoms with E-state index in [0.717, 1.165) is 27.6 Å². The zero-order valence-corrected chi connectivity index (χ0v) is 14.1. The molecule has 4 aromatic rings. The third kappa shape index (κ3) is 3.02. The Bertz CT molecular complexity index is 1050. The molecule has 25 heavy (non-hydrogen) atoms. The van der Waals surface area contributed by atoms with Gasteiger partial charge in [-0.15, -0.1) is 0 Å². The molecule has 4 rings (SSSR count). The fourth-order valence-electron chi connectivity index (χ4n) is 2.58. The maximum Gasteiger partial charge on any atom is 0.163 e. The summed E-state index contributed by atoms with van der Waals surface area (Å²) in [7, 11) is 1.62. The molecular formula is C19H13ClN4O. The fourth-order valence-corrected chi connectivity index (χ4v) is 2.81. The van der Waals surface area contributed by atoms with Crippen LogP contribution in [0.5, 0.6) is 5.75 Å². The van der Waals surface area contributed by atoms with Crippen LogP contribution in [-0.4, -0.2) is 27.0 Å². The van der Waals surface area contributed by atoms with Crippen LogP contribution in [0, 0.1) is 0 Å². The summed E-state index contributed by atoms with van der Waals surface area (Å²) < 4.78 is 5.23. The van der Waals surface area contributed by atoms with Crippen LogP contribution >= 0.6 is 11.6 Å². The van der Waals surface area contributed by atoms with E-state index in [1.807, 2.05) is 36.4 Å². The average molecular weight is 349 g/mol. The number of pyridine rings is 2. The molecule has 0 spiro atoms. The molecular weight excluding hydrogens is 336 g/mol. The van der Waals surface area contributed by atoms with Gasteiger partial charge in [0.05, 0.1) is 18.8 Å². The number of ether oxygens (including phenoxy) is 1. The van der Waals surface area contributed by atoms with Gasteiger partial charge in [0.1, 0.15) is 10.9 Å². The van der Waals surface area contributed by atoms with Crippen LogP contribution in [0.15, 0.2) is 61.2 Å². The predicted octanol–water partition coefficient (Wildman–Crippen LogP) is 4.42. The number of halogens is 1. The molecule has 0 saturated heterocycles. The van der Waals surface area contributed by atoms with Crippen molar-refractivity contribution in [3.05, 3.63) is 66.3 Å². The number of aromatic nitrogens is 4. The third-order valence-electron chi connectivity index (χ3n) is 3.85. The normalized spacial score (nSPS) is 10.8. The van der Waals surface area contributed by atoms with Crippen LogP contribution in [0.1, 0.15) is 0 Å². The molecule has 0 amide bonds. The van der Waals surface area contributed by atoms with Gasteiger partial charge in [0, 0.05) is 35.1 Å². The second kappa shape index (κ2) is 6.45. The molecule has 0 atom stereocenters. The highest BCUT2D eigenvalue weighted by Crippen LogP contribution is 2.30. The van der Waals surface area contributed by atoms with E-state index in [4.69, 9.17) is 16.3 Å². The Morgan fingerprint density at radius 3 is 2.56 bits per heavy atom. The summed E-state index contributed by atoms with van der Waals surface area (Å²) >= 11 is 6.42. The van der Waals surface area contributed by atoms with Crippen molar-refractivity contribution in [2.75, 3.05) is 7.11 Å². The zero-order valence-electron chi connectivity index (χ0n) is 13.3. The topological polar surface area (TPSA) is 60.8 Å². The van der Waals surface area contributed by atoms with Gasteiger partial charge in [-0.2, -0.15) is 0 Å². The lowest BCUT2D eigenvalue weighted by molar-refractivity contribution is 0.413. The van der Waals surface area contributed by atoms with E-state index in [2.05, 4.69) is 19.9 Å². The van der Waals surface area contributed by atoms with E-state index in [1.165, 1.54) is 0 Å². The summed E-state index contributed by atoms with van der Waals surface area (Å²) in [5.74, 6) is 1.26. The van der Waals surface area contributed by atoms with Crippen molar-refractivity contribution in [2.24, 2.45) is 0 Å². The Morgan fingerprint density at radius 2 is 1.76 bits per heavy atom. The molecule has 3 heterocycles. The highest BCUT2D eigenvalue weighted by Gasteiger charge is 2.10. The van der Waals surface area contributed by atoms with Gasteiger partial charge in [0.15, 0.2) is 5.82 Å². The first-order chi connectivity index (χ1) is 12.2. The van der Waals surface area contributed by atoms with E-state index in [9.17, 15) is 0 Å². The van der Waals surface area contributed by atoms with Crippen LogP contribution < -0.4 is 4.74 Å². The number of fused-ring (bicyclic) bond motifs is 1. The smallest absolute Gasteiger partial charge is 0.163 e. The van der Waals surface area contributed by atoms with Crippen molar-refractivity contribution in [3.63, 3.8) is 0 Å². The van der Waals surface area contributed by atoms with Crippen LogP contribution in [-0.2, 0) is 0 Å². The molecule has 0 aliphatic carbocycles. The molecule has 0 fully saturated rings. The molecule has 0 radical (unpaired) electrons. The van der Waals surface area contributed by atoms with Gasteiger partial charge in [-0.1, -0.05) is 17.7 Å². The number of hydrogen-bond acceptors (Lipinski definition) is 5. The summed E-state index contributed by atoms with van der Waals surface area (Å²) in [6, 6.07) is 11.5. The minimum Gasteiger partial charge on any atom is -0.495 e. The minimum atomic E-state index is 0.404. The van der Waals surface area contributed by atoms with Gasteiger partial charge in [-0.3, -0.25) is 9.97 Å². The molecule has 0 unspecified atom stereocenters. The number of methoxy groups -OCH3 is 1. The second-order valence-corrected chi connectivity index (χ2v) is 5.78. The summed E-state index contributed by atoms with van der Waals surface area (Å²) in [5.41, 5.74) is 3.51. The summed E-state index contributed by atoms with van der Waals surface area (Å²) in [4.78, 5) is 17.3. The molecule has 3 aromatic heterocycles. The largest absolute Gasteiger partial charge is 0.495 e. The number of benzene rings is 1. The first kappa shape index (κ1) is 15.5. The maximum absolute atomic E-state index is 6.42. The number of hydrogen-bond donors (Lipinski definition) is 0. The standard InChI is InChI=1S/C19H13ClN4O/c1-25-15-7-14(10-22-11-15)12-4-5-17-16(8-12)18(20)24-19(23-17)13-3-2-6-21-9-13/h2-11H,1H3. The van der Waals surface area contributed by atoms with Gasteiger partial charge in [-0.25, -0.2) is 9.97 Å². The van der Waals surface area contributed by atoms with Gasteiger partial charge in [0.2, 0.25) is 0 Å². The molecule has 0 N–H and O–H groups in total. The van der Waals surface area contributed by atoms with Gasteiger partial charge in [-0.05, 0) is 35.9 Å². The van der Waals surface area contributed by atoms with Gasteiger partial charge < -0.3 is 4.74 Å². The van der Waals surface area contributed by atoms with Crippen LogP contribution in [0.4, 0.5) is 0 Å². The van der Waals surface area contributed by atoms with Crippen LogP contribution in [0.3, 0.4) is 0 Å². The van der Waals surface area contributed by atoms with Crippen LogP contribution in [0.2, 0.25) is 5.15 Å². The molecule has 0 saturated carbocycles. The number of nitrogens with zero attached hydrogens (tertiary/aromatic N) is 4. The molecule has 5 nitrogen and oxygen atoms in total. The Morgan fingerprint density at radius 1 is 0.880 bits per heavy atom. The molecule has 0 aliphatic heterocycles. The van der Waals surface area contributed by atoms with Gasteiger partial charge >= 0.3 is 0 Å². The Kier molecular flexibility index (Phi) is 3.99. The first-order valence-corrected chi connectivity index (χ1v) is 7.99. The molecule has 1 aromatic carbocycles. The third-order valence-corrected chi connectivity index (χ3v) is 4.14. The molecule has 0 bridgehead atoms. The summed E-state index contributed by atoms with van der Waals surface area (Å²) in [6.07, 6.45) is 6.87. The Balaban J connectivity index is 1.83. The summed E-state index contributed by atoms with van der Waals surface area (Å²) in [5, 5.41) is 1.19. The summed E-state index contributed by atoms with van der Waals surface area (Å²) in [6.45, 7) is 0. The fraction of sp³-hybridized carbons (Fsp3) is 0.0526. The second-order valence-electron chi connectivity index (χ2n) is 5.43.